The van der Waals surface area contributed by atoms with Crippen LogP contribution in [0.15, 0.2) is 0 Å². The number of hydrogen-bond donors (Lipinski definition) is 1. The Morgan fingerprint density at radius 3 is 1.45 bits per heavy atom. The first-order valence-corrected chi connectivity index (χ1v) is 14.2. The van der Waals surface area contributed by atoms with Gasteiger partial charge in [-0.05, 0) is 12.8 Å². The molecule has 0 aliphatic rings. The highest BCUT2D eigenvalue weighted by atomic mass is 32.3. The lowest BCUT2D eigenvalue weighted by molar-refractivity contribution is -0.0194. The van der Waals surface area contributed by atoms with Crippen LogP contribution in [-0.4, -0.2) is 58.7 Å². The van der Waals surface area contributed by atoms with Crippen molar-refractivity contribution >= 4 is 10.4 Å². The van der Waals surface area contributed by atoms with Crippen LogP contribution in [0.5, 0.6) is 0 Å². The molecule has 0 aromatic rings. The largest absolute Gasteiger partial charge is 0.726 e. The van der Waals surface area contributed by atoms with Gasteiger partial charge in [0.25, 0.3) is 0 Å². The molecular formula is C24H53NO7S. The van der Waals surface area contributed by atoms with Crippen LogP contribution in [0.3, 0.4) is 0 Å². The maximum atomic E-state index is 10.3. The number of hydrogen-bond acceptors (Lipinski definition) is 7. The molecule has 0 aromatic heterocycles. The maximum absolute atomic E-state index is 10.3. The lowest BCUT2D eigenvalue weighted by Crippen LogP contribution is -2.18. The molecule has 0 aromatic carbocycles. The summed E-state index contributed by atoms with van der Waals surface area (Å²) in [6.07, 6.45) is 19.6. The van der Waals surface area contributed by atoms with Crippen molar-refractivity contribution in [3.8, 4) is 0 Å². The van der Waals surface area contributed by atoms with E-state index in [-0.39, 0.29) is 19.4 Å². The molecule has 0 fully saturated rings. The van der Waals surface area contributed by atoms with E-state index < -0.39 is 10.4 Å². The third kappa shape index (κ3) is 29.7. The van der Waals surface area contributed by atoms with Gasteiger partial charge in [-0.25, -0.2) is 8.42 Å². The van der Waals surface area contributed by atoms with Gasteiger partial charge in [0.2, 0.25) is 10.4 Å². The van der Waals surface area contributed by atoms with Gasteiger partial charge in [0.1, 0.15) is 0 Å². The van der Waals surface area contributed by atoms with Crippen LogP contribution in [0.25, 0.3) is 0 Å². The first-order chi connectivity index (χ1) is 15.5. The highest BCUT2D eigenvalue weighted by molar-refractivity contribution is 7.80. The zero-order valence-corrected chi connectivity index (χ0v) is 22.5. The SMILES string of the molecule is CCCCCCCCCC(CCCCCCCC)OCCOCCOCCOS(=O)(=O)[O-].[NH4+]. The summed E-state index contributed by atoms with van der Waals surface area (Å²) in [5.41, 5.74) is 0. The van der Waals surface area contributed by atoms with Crippen molar-refractivity contribution in [3.05, 3.63) is 0 Å². The molecule has 0 amide bonds. The molecule has 0 bridgehead atoms. The number of unbranched alkanes of at least 4 members (excludes halogenated alkanes) is 11. The van der Waals surface area contributed by atoms with Crippen LogP contribution in [0.1, 0.15) is 110 Å². The molecule has 0 aliphatic heterocycles. The molecule has 33 heavy (non-hydrogen) atoms. The summed E-state index contributed by atoms with van der Waals surface area (Å²) in [7, 11) is -4.64. The fourth-order valence-electron chi connectivity index (χ4n) is 3.58. The Morgan fingerprint density at radius 2 is 1.00 bits per heavy atom. The maximum Gasteiger partial charge on any atom is 0.217 e. The molecule has 0 saturated heterocycles. The van der Waals surface area contributed by atoms with Crippen LogP contribution in [0, 0.1) is 0 Å². The molecule has 0 saturated carbocycles. The Hall–Kier alpha value is -0.290. The lowest BCUT2D eigenvalue weighted by Gasteiger charge is -2.18. The van der Waals surface area contributed by atoms with Gasteiger partial charge < -0.3 is 24.9 Å². The van der Waals surface area contributed by atoms with Gasteiger partial charge >= 0.3 is 0 Å². The molecule has 9 heteroatoms. The Kier molecular flexibility index (Phi) is 27.8. The van der Waals surface area contributed by atoms with Crippen molar-refractivity contribution < 1.29 is 31.4 Å². The number of rotatable bonds is 26. The molecule has 0 spiro atoms. The molecule has 4 N–H and O–H groups in total. The van der Waals surface area contributed by atoms with Crippen molar-refractivity contribution in [2.45, 2.75) is 116 Å². The van der Waals surface area contributed by atoms with Gasteiger partial charge in [0, 0.05) is 0 Å². The van der Waals surface area contributed by atoms with Crippen molar-refractivity contribution in [1.29, 1.82) is 0 Å². The van der Waals surface area contributed by atoms with Crippen LogP contribution < -0.4 is 6.15 Å². The third-order valence-electron chi connectivity index (χ3n) is 5.42. The molecular weight excluding hydrogens is 446 g/mol. The van der Waals surface area contributed by atoms with Crippen LogP contribution >= 0.6 is 0 Å². The predicted molar refractivity (Wildman–Crippen MR) is 134 cm³/mol. The lowest BCUT2D eigenvalue weighted by atomic mass is 10.0. The second-order valence-corrected chi connectivity index (χ2v) is 9.47. The van der Waals surface area contributed by atoms with Crippen LogP contribution in [-0.2, 0) is 28.8 Å². The van der Waals surface area contributed by atoms with Gasteiger partial charge in [0.15, 0.2) is 0 Å². The van der Waals surface area contributed by atoms with E-state index in [0.29, 0.717) is 32.5 Å². The minimum atomic E-state index is -4.64. The average Bonchev–Trinajstić information content (AvgIpc) is 2.75. The van der Waals surface area contributed by atoms with E-state index in [9.17, 15) is 13.0 Å². The third-order valence-corrected chi connectivity index (χ3v) is 5.87. The Balaban J connectivity index is 0. The number of quaternary nitrogens is 1. The van der Waals surface area contributed by atoms with Crippen LogP contribution in [0.2, 0.25) is 0 Å². The highest BCUT2D eigenvalue weighted by Crippen LogP contribution is 2.17. The minimum absolute atomic E-state index is 0. The second kappa shape index (κ2) is 26.3. The quantitative estimate of drug-likeness (QED) is 0.0857. The monoisotopic (exact) mass is 499 g/mol. The summed E-state index contributed by atoms with van der Waals surface area (Å²) >= 11 is 0. The summed E-state index contributed by atoms with van der Waals surface area (Å²) in [5, 5.41) is 0. The van der Waals surface area contributed by atoms with Crippen molar-refractivity contribution in [2.24, 2.45) is 0 Å². The van der Waals surface area contributed by atoms with Gasteiger partial charge in [0.05, 0.1) is 45.7 Å². The van der Waals surface area contributed by atoms with E-state index >= 15 is 0 Å². The summed E-state index contributed by atoms with van der Waals surface area (Å²) in [5.74, 6) is 0. The van der Waals surface area contributed by atoms with Gasteiger partial charge in [-0.3, -0.25) is 4.18 Å². The van der Waals surface area contributed by atoms with Gasteiger partial charge in [-0.1, -0.05) is 97.3 Å². The topological polar surface area (TPSA) is 131 Å². The smallest absolute Gasteiger partial charge is 0.217 e. The van der Waals surface area contributed by atoms with E-state index in [4.69, 9.17) is 14.2 Å². The minimum Gasteiger partial charge on any atom is -0.726 e. The van der Waals surface area contributed by atoms with E-state index in [1.54, 1.807) is 0 Å². The fourth-order valence-corrected chi connectivity index (χ4v) is 3.86. The first kappa shape index (κ1) is 34.9. The predicted octanol–water partition coefficient (Wildman–Crippen LogP) is 6.15. The highest BCUT2D eigenvalue weighted by Gasteiger charge is 2.09. The molecule has 0 aliphatic carbocycles. The first-order valence-electron chi connectivity index (χ1n) is 12.9. The molecule has 0 heterocycles. The Labute approximate surface area is 204 Å². The Morgan fingerprint density at radius 1 is 0.606 bits per heavy atom. The van der Waals surface area contributed by atoms with E-state index in [1.165, 1.54) is 83.5 Å². The van der Waals surface area contributed by atoms with Crippen LogP contribution in [0.4, 0.5) is 0 Å². The summed E-state index contributed by atoms with van der Waals surface area (Å²) < 4.78 is 51.7. The van der Waals surface area contributed by atoms with E-state index in [0.717, 1.165) is 12.8 Å². The average molecular weight is 500 g/mol. The van der Waals surface area contributed by atoms with E-state index in [1.807, 2.05) is 0 Å². The van der Waals surface area contributed by atoms with Crippen molar-refractivity contribution in [2.75, 3.05) is 39.6 Å². The zero-order chi connectivity index (χ0) is 23.8. The normalized spacial score (nSPS) is 12.6. The molecule has 202 valence electrons. The summed E-state index contributed by atoms with van der Waals surface area (Å²) in [6, 6.07) is 0. The van der Waals surface area contributed by atoms with E-state index in [2.05, 4.69) is 18.0 Å². The fraction of sp³-hybridized carbons (Fsp3) is 1.00. The molecule has 0 radical (unpaired) electrons. The summed E-state index contributed by atoms with van der Waals surface area (Å²) in [6.45, 7) is 6.08. The molecule has 8 nitrogen and oxygen atoms in total. The summed E-state index contributed by atoms with van der Waals surface area (Å²) in [4.78, 5) is 0. The Bertz CT molecular complexity index is 477. The molecule has 1 unspecified atom stereocenters. The van der Waals surface area contributed by atoms with Crippen molar-refractivity contribution in [3.63, 3.8) is 0 Å². The number of ether oxygens (including phenoxy) is 3. The zero-order valence-electron chi connectivity index (χ0n) is 21.7. The van der Waals surface area contributed by atoms with Gasteiger partial charge in [-0.2, -0.15) is 0 Å². The molecule has 1 atom stereocenters. The second-order valence-electron chi connectivity index (χ2n) is 8.41. The van der Waals surface area contributed by atoms with Crippen molar-refractivity contribution in [1.82, 2.24) is 6.15 Å². The van der Waals surface area contributed by atoms with Gasteiger partial charge in [-0.15, -0.1) is 0 Å². The standard InChI is InChI=1S/C24H50O7S.H3N/c1-3-5-7-9-11-13-15-17-24(16-14-12-10-8-6-4-2)30-22-20-28-18-19-29-21-23-31-32(25,26)27;/h24H,3-23H2,1-2H3,(H,25,26,27);1H3. The molecule has 0 rings (SSSR count).